The Hall–Kier alpha value is -2.30. The average Bonchev–Trinajstić information content (AvgIpc) is 2.73. The molecule has 0 amide bonds. The highest BCUT2D eigenvalue weighted by Gasteiger charge is 2.38. The van der Waals surface area contributed by atoms with Crippen LogP contribution >= 0.6 is 11.8 Å². The first kappa shape index (κ1) is 15.1. The third-order valence-electron chi connectivity index (χ3n) is 2.49. The zero-order valence-electron chi connectivity index (χ0n) is 10.5. The fraction of sp³-hybridized carbons (Fsp3) is 0.200. The van der Waals surface area contributed by atoms with Gasteiger partial charge in [0.25, 0.3) is 11.5 Å². The molecule has 112 valence electrons. The van der Waals surface area contributed by atoms with Crippen LogP contribution in [0.2, 0.25) is 0 Å². The lowest BCUT2D eigenvalue weighted by Crippen LogP contribution is -2.21. The van der Waals surface area contributed by atoms with Crippen molar-refractivity contribution in [2.24, 2.45) is 0 Å². The standard InChI is InChI=1S/C10H8F3N5O2S/c1-5-4-6(18(19)20)2-3-7(5)21-9-16-15-8(17(9)14)10(11,12)13/h2-4H,14H2,1H3. The molecular formula is C10H8F3N5O2S. The number of rotatable bonds is 3. The summed E-state index contributed by atoms with van der Waals surface area (Å²) in [4.78, 5) is 10.6. The Morgan fingerprint density at radius 1 is 1.38 bits per heavy atom. The zero-order valence-corrected chi connectivity index (χ0v) is 11.3. The number of benzene rings is 1. The maximum Gasteiger partial charge on any atom is 0.453 e. The second-order valence-electron chi connectivity index (χ2n) is 3.98. The molecule has 0 bridgehead atoms. The summed E-state index contributed by atoms with van der Waals surface area (Å²) in [6.45, 7) is 1.59. The average molecular weight is 319 g/mol. The molecule has 2 N–H and O–H groups in total. The molecule has 0 spiro atoms. The predicted octanol–water partition coefficient (Wildman–Crippen LogP) is 2.38. The molecule has 0 saturated carbocycles. The minimum Gasteiger partial charge on any atom is -0.335 e. The van der Waals surface area contributed by atoms with Crippen LogP contribution in [0.3, 0.4) is 0 Å². The number of nitro groups is 1. The Kier molecular flexibility index (Phi) is 3.77. The number of aryl methyl sites for hydroxylation is 1. The Morgan fingerprint density at radius 2 is 2.05 bits per heavy atom. The molecule has 0 aliphatic rings. The molecule has 1 aromatic heterocycles. The summed E-state index contributed by atoms with van der Waals surface area (Å²) in [5.41, 5.74) is 0.410. The normalized spacial score (nSPS) is 11.6. The Labute approximate surface area is 120 Å². The van der Waals surface area contributed by atoms with Crippen molar-refractivity contribution >= 4 is 17.4 Å². The number of non-ortho nitro benzene ring substituents is 1. The summed E-state index contributed by atoms with van der Waals surface area (Å²) in [7, 11) is 0. The first-order chi connectivity index (χ1) is 9.70. The molecule has 7 nitrogen and oxygen atoms in total. The van der Waals surface area contributed by atoms with E-state index < -0.39 is 16.9 Å². The van der Waals surface area contributed by atoms with E-state index in [2.05, 4.69) is 10.2 Å². The van der Waals surface area contributed by atoms with Crippen LogP contribution in [0.25, 0.3) is 0 Å². The summed E-state index contributed by atoms with van der Waals surface area (Å²) in [6, 6.07) is 3.97. The SMILES string of the molecule is Cc1cc([N+](=O)[O-])ccc1Sc1nnc(C(F)(F)F)n1N. The summed E-state index contributed by atoms with van der Waals surface area (Å²) >= 11 is 0.840. The fourth-order valence-electron chi connectivity index (χ4n) is 1.50. The molecule has 0 aliphatic carbocycles. The maximum atomic E-state index is 12.5. The van der Waals surface area contributed by atoms with E-state index >= 15 is 0 Å². The van der Waals surface area contributed by atoms with E-state index in [4.69, 9.17) is 5.84 Å². The number of alkyl halides is 3. The molecule has 2 aromatic rings. The van der Waals surface area contributed by atoms with Crippen molar-refractivity contribution in [3.63, 3.8) is 0 Å². The second kappa shape index (κ2) is 5.24. The van der Waals surface area contributed by atoms with E-state index in [1.165, 1.54) is 18.2 Å². The number of aromatic nitrogens is 3. The van der Waals surface area contributed by atoms with Crippen LogP contribution in [0.4, 0.5) is 18.9 Å². The minimum absolute atomic E-state index is 0.109. The number of nitrogens with two attached hydrogens (primary N) is 1. The summed E-state index contributed by atoms with van der Waals surface area (Å²) in [5.74, 6) is 3.99. The molecule has 2 rings (SSSR count). The van der Waals surface area contributed by atoms with Gasteiger partial charge >= 0.3 is 6.18 Å². The Bertz CT molecular complexity index is 700. The van der Waals surface area contributed by atoms with Gasteiger partial charge in [-0.1, -0.05) is 0 Å². The number of hydrogen-bond acceptors (Lipinski definition) is 6. The van der Waals surface area contributed by atoms with Crippen LogP contribution in [0.15, 0.2) is 28.3 Å². The van der Waals surface area contributed by atoms with Crippen molar-refractivity contribution in [3.05, 3.63) is 39.7 Å². The van der Waals surface area contributed by atoms with Crippen molar-refractivity contribution in [1.29, 1.82) is 0 Å². The largest absolute Gasteiger partial charge is 0.453 e. The Balaban J connectivity index is 2.31. The van der Waals surface area contributed by atoms with Crippen LogP contribution in [0.1, 0.15) is 11.4 Å². The molecule has 1 aromatic carbocycles. The maximum absolute atomic E-state index is 12.5. The van der Waals surface area contributed by atoms with Gasteiger partial charge in [-0.2, -0.15) is 13.2 Å². The summed E-state index contributed by atoms with van der Waals surface area (Å²) < 4.78 is 37.9. The third-order valence-corrected chi connectivity index (χ3v) is 3.63. The monoisotopic (exact) mass is 319 g/mol. The van der Waals surface area contributed by atoms with E-state index in [-0.39, 0.29) is 10.8 Å². The van der Waals surface area contributed by atoms with E-state index in [0.717, 1.165) is 11.8 Å². The van der Waals surface area contributed by atoms with Gasteiger partial charge in [0, 0.05) is 17.0 Å². The first-order valence-electron chi connectivity index (χ1n) is 5.40. The van der Waals surface area contributed by atoms with Crippen molar-refractivity contribution in [3.8, 4) is 0 Å². The van der Waals surface area contributed by atoms with E-state index in [1.54, 1.807) is 6.92 Å². The van der Waals surface area contributed by atoms with Crippen LogP contribution in [-0.2, 0) is 6.18 Å². The van der Waals surface area contributed by atoms with Crippen molar-refractivity contribution in [2.75, 3.05) is 5.84 Å². The molecule has 21 heavy (non-hydrogen) atoms. The third kappa shape index (κ3) is 3.07. The molecular weight excluding hydrogens is 311 g/mol. The van der Waals surface area contributed by atoms with Crippen LogP contribution in [-0.4, -0.2) is 19.8 Å². The van der Waals surface area contributed by atoms with Crippen LogP contribution in [0, 0.1) is 17.0 Å². The molecule has 1 heterocycles. The fourth-order valence-corrected chi connectivity index (χ4v) is 2.32. The number of nitro benzene ring substituents is 1. The van der Waals surface area contributed by atoms with Gasteiger partial charge < -0.3 is 5.84 Å². The lowest BCUT2D eigenvalue weighted by atomic mass is 10.2. The highest BCUT2D eigenvalue weighted by molar-refractivity contribution is 7.99. The van der Waals surface area contributed by atoms with Gasteiger partial charge in [-0.15, -0.1) is 10.2 Å². The van der Waals surface area contributed by atoms with Gasteiger partial charge in [0.15, 0.2) is 0 Å². The lowest BCUT2D eigenvalue weighted by Gasteiger charge is -2.07. The Morgan fingerprint density at radius 3 is 2.52 bits per heavy atom. The summed E-state index contributed by atoms with van der Waals surface area (Å²) in [6.07, 6.45) is -4.70. The topological polar surface area (TPSA) is 99.9 Å². The van der Waals surface area contributed by atoms with Crippen molar-refractivity contribution < 1.29 is 18.1 Å². The molecule has 0 saturated heterocycles. The van der Waals surface area contributed by atoms with Gasteiger partial charge in [-0.25, -0.2) is 4.68 Å². The number of hydrogen-bond donors (Lipinski definition) is 1. The van der Waals surface area contributed by atoms with Crippen LogP contribution < -0.4 is 5.84 Å². The van der Waals surface area contributed by atoms with Gasteiger partial charge in [0.2, 0.25) is 5.16 Å². The molecule has 0 fully saturated rings. The van der Waals surface area contributed by atoms with Gasteiger partial charge in [0.1, 0.15) is 0 Å². The second-order valence-corrected chi connectivity index (χ2v) is 4.99. The number of nitrogens with zero attached hydrogens (tertiary/aromatic N) is 4. The van der Waals surface area contributed by atoms with E-state index in [9.17, 15) is 23.3 Å². The highest BCUT2D eigenvalue weighted by atomic mass is 32.2. The minimum atomic E-state index is -4.70. The van der Waals surface area contributed by atoms with E-state index in [0.29, 0.717) is 15.1 Å². The molecule has 11 heteroatoms. The predicted molar refractivity (Wildman–Crippen MR) is 67.1 cm³/mol. The van der Waals surface area contributed by atoms with Gasteiger partial charge in [0.05, 0.1) is 4.92 Å². The van der Waals surface area contributed by atoms with Crippen LogP contribution in [0.5, 0.6) is 0 Å². The molecule has 0 atom stereocenters. The summed E-state index contributed by atoms with van der Waals surface area (Å²) in [5, 5.41) is 16.8. The number of halogens is 3. The highest BCUT2D eigenvalue weighted by Crippen LogP contribution is 2.33. The molecule has 0 radical (unpaired) electrons. The molecule has 0 aliphatic heterocycles. The van der Waals surface area contributed by atoms with Crippen molar-refractivity contribution in [2.45, 2.75) is 23.2 Å². The molecule has 0 unspecified atom stereocenters. The number of nitrogen functional groups attached to an aromatic ring is 1. The van der Waals surface area contributed by atoms with Gasteiger partial charge in [-0.3, -0.25) is 10.1 Å². The smallest absolute Gasteiger partial charge is 0.335 e. The van der Waals surface area contributed by atoms with Crippen molar-refractivity contribution in [1.82, 2.24) is 14.9 Å². The zero-order chi connectivity index (χ0) is 15.8. The van der Waals surface area contributed by atoms with E-state index in [1.807, 2.05) is 0 Å². The van der Waals surface area contributed by atoms with Gasteiger partial charge in [-0.05, 0) is 30.3 Å². The quantitative estimate of drug-likeness (QED) is 0.529. The lowest BCUT2D eigenvalue weighted by molar-refractivity contribution is -0.385. The first-order valence-corrected chi connectivity index (χ1v) is 6.22.